The fourth-order valence-electron chi connectivity index (χ4n) is 4.11. The van der Waals surface area contributed by atoms with Gasteiger partial charge in [0.15, 0.2) is 0 Å². The number of phenolic OH excluding ortho intramolecular Hbond substituents is 2. The van der Waals surface area contributed by atoms with E-state index in [9.17, 15) is 19.8 Å². The summed E-state index contributed by atoms with van der Waals surface area (Å²) in [5.74, 6) is 0.0410. The van der Waals surface area contributed by atoms with Crippen LogP contribution in [0, 0.1) is 0 Å². The van der Waals surface area contributed by atoms with E-state index in [1.54, 1.807) is 12.1 Å². The molecule has 2 rings (SSSR count). The van der Waals surface area contributed by atoms with Crippen LogP contribution in [-0.2, 0) is 54.2 Å². The van der Waals surface area contributed by atoms with Gasteiger partial charge in [0.05, 0.1) is 26.4 Å². The molecule has 8 nitrogen and oxygen atoms in total. The first-order chi connectivity index (χ1) is 19.4. The number of carbonyl (C=O) groups excluding carboxylic acids is 2. The second-order valence-electron chi connectivity index (χ2n) is 9.80. The van der Waals surface area contributed by atoms with Crippen LogP contribution in [0.5, 0.6) is 11.5 Å². The van der Waals surface area contributed by atoms with Gasteiger partial charge in [0.2, 0.25) is 0 Å². The highest BCUT2D eigenvalue weighted by molar-refractivity contribution is 5.70. The summed E-state index contributed by atoms with van der Waals surface area (Å²) >= 11 is 0. The molecule has 0 radical (unpaired) electrons. The zero-order valence-electron chi connectivity index (χ0n) is 24.1. The van der Waals surface area contributed by atoms with Crippen molar-refractivity contribution in [3.63, 3.8) is 0 Å². The average molecular weight is 559 g/mol. The molecule has 40 heavy (non-hydrogen) atoms. The van der Waals surface area contributed by atoms with Gasteiger partial charge in [-0.1, -0.05) is 51.0 Å². The maximum Gasteiger partial charge on any atom is 0.306 e. The third-order valence-electron chi connectivity index (χ3n) is 6.48. The molecule has 0 heterocycles. The molecular formula is C32H46O8. The highest BCUT2D eigenvalue weighted by Crippen LogP contribution is 2.22. The number of benzene rings is 2. The number of hydrogen-bond acceptors (Lipinski definition) is 8. The molecule has 0 unspecified atom stereocenters. The quantitative estimate of drug-likeness (QED) is 0.153. The number of rotatable bonds is 21. The minimum absolute atomic E-state index is 0.175. The second-order valence-corrected chi connectivity index (χ2v) is 9.80. The number of ether oxygens (including phenoxy) is 4. The number of unbranched alkanes of at least 4 members (excludes halogenated alkanes) is 2. The van der Waals surface area contributed by atoms with Crippen molar-refractivity contribution in [2.45, 2.75) is 78.1 Å². The summed E-state index contributed by atoms with van der Waals surface area (Å²) in [5, 5.41) is 19.9. The monoisotopic (exact) mass is 558 g/mol. The Balaban J connectivity index is 1.45. The summed E-state index contributed by atoms with van der Waals surface area (Å²) in [6.45, 7) is 5.83. The fourth-order valence-corrected chi connectivity index (χ4v) is 4.11. The van der Waals surface area contributed by atoms with Gasteiger partial charge in [-0.3, -0.25) is 9.59 Å². The Morgan fingerprint density at radius 1 is 0.600 bits per heavy atom. The highest BCUT2D eigenvalue weighted by atomic mass is 16.6. The lowest BCUT2D eigenvalue weighted by Crippen LogP contribution is -2.15. The summed E-state index contributed by atoms with van der Waals surface area (Å²) < 4.78 is 21.3. The van der Waals surface area contributed by atoms with E-state index in [0.29, 0.717) is 37.6 Å². The van der Waals surface area contributed by atoms with Gasteiger partial charge in [-0.25, -0.2) is 0 Å². The van der Waals surface area contributed by atoms with Gasteiger partial charge in [-0.15, -0.1) is 0 Å². The van der Waals surface area contributed by atoms with Crippen molar-refractivity contribution in [2.24, 2.45) is 0 Å². The first kappa shape index (κ1) is 33.1. The van der Waals surface area contributed by atoms with E-state index in [2.05, 4.69) is 13.8 Å². The number of phenols is 2. The summed E-state index contributed by atoms with van der Waals surface area (Å²) in [5.41, 5.74) is 3.86. The van der Waals surface area contributed by atoms with Gasteiger partial charge in [0.1, 0.15) is 24.7 Å². The van der Waals surface area contributed by atoms with Crippen molar-refractivity contribution in [2.75, 3.05) is 39.6 Å². The first-order valence-corrected chi connectivity index (χ1v) is 14.5. The minimum Gasteiger partial charge on any atom is -0.508 e. The van der Waals surface area contributed by atoms with Crippen molar-refractivity contribution >= 4 is 11.9 Å². The normalized spacial score (nSPS) is 10.9. The maximum atomic E-state index is 12.0. The maximum absolute atomic E-state index is 12.0. The molecule has 2 N–H and O–H groups in total. The van der Waals surface area contributed by atoms with E-state index in [1.807, 2.05) is 24.3 Å². The summed E-state index contributed by atoms with van der Waals surface area (Å²) in [6, 6.07) is 11.0. The van der Waals surface area contributed by atoms with Crippen LogP contribution in [-0.4, -0.2) is 61.8 Å². The topological polar surface area (TPSA) is 112 Å². The third kappa shape index (κ3) is 13.8. The molecule has 2 aromatic carbocycles. The predicted molar refractivity (Wildman–Crippen MR) is 154 cm³/mol. The van der Waals surface area contributed by atoms with Crippen molar-refractivity contribution in [3.8, 4) is 11.5 Å². The van der Waals surface area contributed by atoms with Gasteiger partial charge in [0.25, 0.3) is 0 Å². The Morgan fingerprint density at radius 2 is 1.00 bits per heavy atom. The Bertz CT molecular complexity index is 938. The molecule has 0 fully saturated rings. The van der Waals surface area contributed by atoms with Crippen LogP contribution >= 0.6 is 0 Å². The molecule has 0 aliphatic carbocycles. The number of aromatic hydroxyl groups is 2. The Kier molecular flexibility index (Phi) is 16.5. The van der Waals surface area contributed by atoms with Gasteiger partial charge < -0.3 is 29.2 Å². The minimum atomic E-state index is -0.285. The van der Waals surface area contributed by atoms with E-state index in [4.69, 9.17) is 18.9 Å². The molecule has 8 heteroatoms. The molecule has 0 amide bonds. The fraction of sp³-hybridized carbons (Fsp3) is 0.562. The molecule has 0 saturated heterocycles. The zero-order valence-corrected chi connectivity index (χ0v) is 24.1. The molecule has 0 bridgehead atoms. The lowest BCUT2D eigenvalue weighted by Gasteiger charge is -2.09. The van der Waals surface area contributed by atoms with E-state index in [-0.39, 0.29) is 51.2 Å². The average Bonchev–Trinajstić information content (AvgIpc) is 2.95. The first-order valence-electron chi connectivity index (χ1n) is 14.5. The molecule has 0 saturated carbocycles. The van der Waals surface area contributed by atoms with Crippen LogP contribution < -0.4 is 0 Å². The molecule has 0 aromatic heterocycles. The molecular weight excluding hydrogens is 512 g/mol. The smallest absolute Gasteiger partial charge is 0.306 e. The summed E-state index contributed by atoms with van der Waals surface area (Å²) in [6.07, 6.45) is 7.48. The van der Waals surface area contributed by atoms with Crippen molar-refractivity contribution < 1.29 is 38.7 Å². The van der Waals surface area contributed by atoms with Gasteiger partial charge >= 0.3 is 11.9 Å². The lowest BCUT2D eigenvalue weighted by atomic mass is 10.0. The summed E-state index contributed by atoms with van der Waals surface area (Å²) in [4.78, 5) is 24.0. The number of aryl methyl sites for hydroxylation is 4. The lowest BCUT2D eigenvalue weighted by molar-refractivity contribution is -0.146. The predicted octanol–water partition coefficient (Wildman–Crippen LogP) is 5.47. The van der Waals surface area contributed by atoms with Crippen LogP contribution in [0.4, 0.5) is 0 Å². The van der Waals surface area contributed by atoms with Gasteiger partial charge in [-0.2, -0.15) is 0 Å². The zero-order chi connectivity index (χ0) is 29.0. The van der Waals surface area contributed by atoms with Crippen molar-refractivity contribution in [1.82, 2.24) is 0 Å². The van der Waals surface area contributed by atoms with Crippen LogP contribution in [0.2, 0.25) is 0 Å². The van der Waals surface area contributed by atoms with Crippen molar-refractivity contribution in [3.05, 3.63) is 58.7 Å². The van der Waals surface area contributed by atoms with Crippen LogP contribution in [0.3, 0.4) is 0 Å². The molecule has 0 spiro atoms. The largest absolute Gasteiger partial charge is 0.508 e. The number of hydrogen-bond donors (Lipinski definition) is 2. The van der Waals surface area contributed by atoms with Gasteiger partial charge in [-0.05, 0) is 72.9 Å². The summed E-state index contributed by atoms with van der Waals surface area (Å²) in [7, 11) is 0. The van der Waals surface area contributed by atoms with E-state index >= 15 is 0 Å². The standard InChI is InChI=1S/C32H46O8/c1-3-5-7-27-23-25(9-13-29(27)33)11-15-31(35)39-21-19-37-17-18-38-20-22-40-32(36)16-12-26-10-14-30(34)28(24-26)8-6-4-2/h9-10,13-14,23-24,33-34H,3-8,11-12,15-22H2,1-2H3. The molecule has 222 valence electrons. The van der Waals surface area contributed by atoms with Crippen molar-refractivity contribution in [1.29, 1.82) is 0 Å². The molecule has 2 aromatic rings. The molecule has 0 aliphatic rings. The number of esters is 2. The Labute approximate surface area is 238 Å². The molecule has 0 atom stereocenters. The third-order valence-corrected chi connectivity index (χ3v) is 6.48. The second kappa shape index (κ2) is 19.9. The SMILES string of the molecule is CCCCc1cc(CCC(=O)OCCOCCOCCOC(=O)CCc2ccc(O)c(CCCC)c2)ccc1O. The highest BCUT2D eigenvalue weighted by Gasteiger charge is 2.08. The van der Waals surface area contributed by atoms with Crippen LogP contribution in [0.1, 0.15) is 74.6 Å². The molecule has 0 aliphatic heterocycles. The Hall–Kier alpha value is -3.10. The Morgan fingerprint density at radius 3 is 1.40 bits per heavy atom. The van der Waals surface area contributed by atoms with E-state index in [0.717, 1.165) is 60.8 Å². The van der Waals surface area contributed by atoms with Crippen LogP contribution in [0.25, 0.3) is 0 Å². The van der Waals surface area contributed by atoms with E-state index < -0.39 is 0 Å². The van der Waals surface area contributed by atoms with Crippen LogP contribution in [0.15, 0.2) is 36.4 Å². The van der Waals surface area contributed by atoms with E-state index in [1.165, 1.54) is 0 Å². The number of carbonyl (C=O) groups is 2. The van der Waals surface area contributed by atoms with Gasteiger partial charge in [0, 0.05) is 12.8 Å².